The van der Waals surface area contributed by atoms with Crippen molar-refractivity contribution in [2.24, 2.45) is 0 Å². The van der Waals surface area contributed by atoms with E-state index in [0.717, 1.165) is 17.5 Å². The number of urea groups is 1. The second kappa shape index (κ2) is 9.90. The summed E-state index contributed by atoms with van der Waals surface area (Å²) in [5.41, 5.74) is 2.07. The van der Waals surface area contributed by atoms with Crippen molar-refractivity contribution in [3.05, 3.63) is 70.5 Å². The first-order chi connectivity index (χ1) is 16.5. The predicted octanol–water partition coefficient (Wildman–Crippen LogP) is 2.90. The lowest BCUT2D eigenvalue weighted by molar-refractivity contribution is -0.139. The van der Waals surface area contributed by atoms with Crippen molar-refractivity contribution in [1.29, 1.82) is 0 Å². The number of nitrogens with one attached hydrogen (secondary N) is 1. The molecule has 3 aliphatic heterocycles. The van der Waals surface area contributed by atoms with Crippen LogP contribution in [0, 0.1) is 5.82 Å². The molecule has 2 aromatic rings. The van der Waals surface area contributed by atoms with Gasteiger partial charge >= 0.3 is 6.03 Å². The summed E-state index contributed by atoms with van der Waals surface area (Å²) in [6.45, 7) is 3.76. The lowest BCUT2D eigenvalue weighted by Crippen LogP contribution is -2.63. The highest BCUT2D eigenvalue weighted by atomic mass is 35.5. The number of carbonyl (C=O) groups excluding carboxylic acids is 2. The molecule has 0 spiro atoms. The number of nitrogens with zero attached hydrogens (tertiary/aromatic N) is 3. The molecule has 3 amide bonds. The topological polar surface area (TPSA) is 65.1 Å². The van der Waals surface area contributed by atoms with Crippen LogP contribution >= 0.6 is 11.6 Å². The number of likely N-dealkylation sites (tertiary alicyclic amines) is 1. The number of ether oxygens (including phenoxy) is 1. The highest BCUT2D eigenvalue weighted by molar-refractivity contribution is 6.30. The third-order valence-electron chi connectivity index (χ3n) is 6.92. The van der Waals surface area contributed by atoms with Gasteiger partial charge < -0.3 is 19.9 Å². The van der Waals surface area contributed by atoms with Gasteiger partial charge in [0, 0.05) is 44.3 Å². The minimum absolute atomic E-state index is 0.00254. The second-order valence-electron chi connectivity index (χ2n) is 9.07. The van der Waals surface area contributed by atoms with Gasteiger partial charge in [-0.25, -0.2) is 9.18 Å². The first-order valence-corrected chi connectivity index (χ1v) is 12.1. The van der Waals surface area contributed by atoms with Gasteiger partial charge in [-0.1, -0.05) is 35.9 Å². The number of hydrogen-bond donors (Lipinski definition) is 1. The minimum Gasteiger partial charge on any atom is -0.366 e. The molecule has 3 aliphatic rings. The molecule has 3 atom stereocenters. The molecular weight excluding hydrogens is 459 g/mol. The number of hydrogen-bond acceptors (Lipinski definition) is 4. The summed E-state index contributed by atoms with van der Waals surface area (Å²) in [6, 6.07) is 14.1. The standard InChI is InChI=1S/C25H28ClFN4O3/c26-19-5-1-17(2-6-19)24(18-3-7-20(27)8-4-18)29-11-13-30(14-12-29)25(33)31-10-9-22-21(15-31)28-23(32)16-34-22/h1-8,21-22,24H,9-16H2,(H,28,32). The number of fused-ring (bicyclic) bond motifs is 1. The van der Waals surface area contributed by atoms with Crippen LogP contribution in [-0.2, 0) is 9.53 Å². The molecule has 5 rings (SSSR count). The minimum atomic E-state index is -0.266. The Balaban J connectivity index is 1.26. The van der Waals surface area contributed by atoms with Gasteiger partial charge in [-0.15, -0.1) is 0 Å². The first-order valence-electron chi connectivity index (χ1n) is 11.7. The zero-order chi connectivity index (χ0) is 23.7. The lowest BCUT2D eigenvalue weighted by atomic mass is 9.96. The first kappa shape index (κ1) is 23.1. The quantitative estimate of drug-likeness (QED) is 0.724. The lowest BCUT2D eigenvalue weighted by Gasteiger charge is -2.44. The molecule has 180 valence electrons. The van der Waals surface area contributed by atoms with E-state index in [4.69, 9.17) is 16.3 Å². The molecule has 0 radical (unpaired) electrons. The molecule has 2 aromatic carbocycles. The van der Waals surface area contributed by atoms with E-state index < -0.39 is 0 Å². The smallest absolute Gasteiger partial charge is 0.320 e. The Kier molecular flexibility index (Phi) is 6.72. The molecule has 7 nitrogen and oxygen atoms in total. The van der Waals surface area contributed by atoms with E-state index in [9.17, 15) is 14.0 Å². The van der Waals surface area contributed by atoms with Crippen molar-refractivity contribution in [3.8, 4) is 0 Å². The summed E-state index contributed by atoms with van der Waals surface area (Å²) in [6.07, 6.45) is 0.703. The fourth-order valence-corrected chi connectivity index (χ4v) is 5.28. The molecule has 0 saturated carbocycles. The van der Waals surface area contributed by atoms with Gasteiger partial charge in [0.25, 0.3) is 0 Å². The van der Waals surface area contributed by atoms with Crippen LogP contribution in [0.3, 0.4) is 0 Å². The van der Waals surface area contributed by atoms with Crippen molar-refractivity contribution >= 4 is 23.5 Å². The van der Waals surface area contributed by atoms with Gasteiger partial charge in [-0.3, -0.25) is 9.69 Å². The highest BCUT2D eigenvalue weighted by Crippen LogP contribution is 2.31. The molecule has 0 aliphatic carbocycles. The molecule has 3 unspecified atom stereocenters. The van der Waals surface area contributed by atoms with Gasteiger partial charge in [0.1, 0.15) is 12.4 Å². The SMILES string of the molecule is O=C1COC2CCN(C(=O)N3CCN(C(c4ccc(F)cc4)c4ccc(Cl)cc4)CC3)CC2N1. The highest BCUT2D eigenvalue weighted by Gasteiger charge is 2.38. The third-order valence-corrected chi connectivity index (χ3v) is 7.17. The summed E-state index contributed by atoms with van der Waals surface area (Å²) in [5, 5.41) is 3.62. The average molecular weight is 487 g/mol. The molecule has 3 fully saturated rings. The summed E-state index contributed by atoms with van der Waals surface area (Å²) >= 11 is 6.10. The van der Waals surface area contributed by atoms with Crippen LogP contribution in [0.1, 0.15) is 23.6 Å². The zero-order valence-electron chi connectivity index (χ0n) is 18.8. The van der Waals surface area contributed by atoms with E-state index in [0.29, 0.717) is 44.3 Å². The normalized spacial score (nSPS) is 24.4. The Bertz CT molecular complexity index is 982. The van der Waals surface area contributed by atoms with Crippen LogP contribution in [0.15, 0.2) is 48.5 Å². The number of morpholine rings is 1. The van der Waals surface area contributed by atoms with E-state index in [2.05, 4.69) is 10.2 Å². The summed E-state index contributed by atoms with van der Waals surface area (Å²) in [5.74, 6) is -0.393. The molecule has 0 bridgehead atoms. The predicted molar refractivity (Wildman–Crippen MR) is 126 cm³/mol. The number of rotatable bonds is 3. The number of carbonyl (C=O) groups is 2. The van der Waals surface area contributed by atoms with Gasteiger partial charge in [-0.2, -0.15) is 0 Å². The van der Waals surface area contributed by atoms with E-state index >= 15 is 0 Å². The Morgan fingerprint density at radius 1 is 0.971 bits per heavy atom. The molecule has 3 saturated heterocycles. The van der Waals surface area contributed by atoms with E-state index in [1.54, 1.807) is 0 Å². The second-order valence-corrected chi connectivity index (χ2v) is 9.51. The average Bonchev–Trinajstić information content (AvgIpc) is 2.86. The number of piperidine rings is 1. The fourth-order valence-electron chi connectivity index (χ4n) is 5.15. The van der Waals surface area contributed by atoms with Gasteiger partial charge in [0.05, 0.1) is 18.2 Å². The van der Waals surface area contributed by atoms with E-state index in [-0.39, 0.29) is 42.6 Å². The van der Waals surface area contributed by atoms with Crippen LogP contribution < -0.4 is 5.32 Å². The van der Waals surface area contributed by atoms with Gasteiger partial charge in [0.2, 0.25) is 5.91 Å². The number of halogens is 2. The van der Waals surface area contributed by atoms with Crippen molar-refractivity contribution in [2.75, 3.05) is 45.9 Å². The van der Waals surface area contributed by atoms with Gasteiger partial charge in [0.15, 0.2) is 0 Å². The monoisotopic (exact) mass is 486 g/mol. The maximum atomic E-state index is 13.6. The van der Waals surface area contributed by atoms with Crippen molar-refractivity contribution < 1.29 is 18.7 Å². The molecule has 3 heterocycles. The Hall–Kier alpha value is -2.68. The Morgan fingerprint density at radius 2 is 1.62 bits per heavy atom. The number of piperazine rings is 1. The molecule has 34 heavy (non-hydrogen) atoms. The van der Waals surface area contributed by atoms with Crippen LogP contribution in [0.25, 0.3) is 0 Å². The Labute approximate surface area is 203 Å². The summed E-state index contributed by atoms with van der Waals surface area (Å²) in [7, 11) is 0. The van der Waals surface area contributed by atoms with Crippen LogP contribution in [0.2, 0.25) is 5.02 Å². The molecular formula is C25H28ClFN4O3. The fraction of sp³-hybridized carbons (Fsp3) is 0.440. The molecule has 9 heteroatoms. The van der Waals surface area contributed by atoms with Crippen molar-refractivity contribution in [3.63, 3.8) is 0 Å². The largest absolute Gasteiger partial charge is 0.366 e. The summed E-state index contributed by atoms with van der Waals surface area (Å²) < 4.78 is 19.2. The van der Waals surface area contributed by atoms with E-state index in [1.165, 1.54) is 12.1 Å². The number of amides is 3. The van der Waals surface area contributed by atoms with Crippen LogP contribution in [-0.4, -0.2) is 84.7 Å². The van der Waals surface area contributed by atoms with E-state index in [1.807, 2.05) is 46.2 Å². The molecule has 1 N–H and O–H groups in total. The molecule has 0 aromatic heterocycles. The maximum absolute atomic E-state index is 13.6. The third kappa shape index (κ3) is 4.89. The van der Waals surface area contributed by atoms with Crippen molar-refractivity contribution in [1.82, 2.24) is 20.0 Å². The maximum Gasteiger partial charge on any atom is 0.320 e. The zero-order valence-corrected chi connectivity index (χ0v) is 19.6. The van der Waals surface area contributed by atoms with Crippen molar-refractivity contribution in [2.45, 2.75) is 24.6 Å². The van der Waals surface area contributed by atoms with Crippen LogP contribution in [0.4, 0.5) is 9.18 Å². The van der Waals surface area contributed by atoms with Gasteiger partial charge in [-0.05, 0) is 41.8 Å². The Morgan fingerprint density at radius 3 is 2.29 bits per heavy atom. The number of benzene rings is 2. The van der Waals surface area contributed by atoms with Crippen LogP contribution in [0.5, 0.6) is 0 Å². The summed E-state index contributed by atoms with van der Waals surface area (Å²) in [4.78, 5) is 30.9.